The van der Waals surface area contributed by atoms with E-state index in [2.05, 4.69) is 53.2 Å². The zero-order valence-corrected chi connectivity index (χ0v) is 11.4. The average Bonchev–Trinajstić information content (AvgIpc) is 2.49. The van der Waals surface area contributed by atoms with Crippen molar-refractivity contribution in [3.8, 4) is 0 Å². The highest BCUT2D eigenvalue weighted by Gasteiger charge is 2.20. The number of nitrogens with zero attached hydrogens (tertiary/aromatic N) is 2. The summed E-state index contributed by atoms with van der Waals surface area (Å²) in [5.74, 6) is 1.82. The molecule has 1 aliphatic rings. The minimum Gasteiger partial charge on any atom is -0.357 e. The minimum absolute atomic E-state index is 0.709. The summed E-state index contributed by atoms with van der Waals surface area (Å²) in [6.07, 6.45) is 4.32. The van der Waals surface area contributed by atoms with E-state index in [1.165, 1.54) is 24.0 Å². The normalized spacial score (nSPS) is 16.6. The fourth-order valence-corrected chi connectivity index (χ4v) is 2.82. The molecular weight excluding hydrogens is 232 g/mol. The number of benzene rings is 1. The number of aryl methyl sites for hydroxylation is 1. The first-order valence-corrected chi connectivity index (χ1v) is 7.05. The second-order valence-corrected chi connectivity index (χ2v) is 5.36. The van der Waals surface area contributed by atoms with Gasteiger partial charge in [-0.15, -0.1) is 0 Å². The monoisotopic (exact) mass is 252 g/mol. The Labute approximate surface area is 115 Å². The quantitative estimate of drug-likeness (QED) is 0.808. The molecule has 0 spiro atoms. The van der Waals surface area contributed by atoms with Crippen molar-refractivity contribution >= 4 is 5.82 Å². The van der Waals surface area contributed by atoms with E-state index in [1.54, 1.807) is 0 Å². The molecular formula is C17H20N2. The van der Waals surface area contributed by atoms with Crippen molar-refractivity contribution < 1.29 is 0 Å². The van der Waals surface area contributed by atoms with Crippen LogP contribution in [0.2, 0.25) is 0 Å². The SMILES string of the molecule is Cc1ccc(C2CCN(c3ccccn3)CC2)cc1. The summed E-state index contributed by atoms with van der Waals surface area (Å²) >= 11 is 0. The molecule has 0 amide bonds. The second-order valence-electron chi connectivity index (χ2n) is 5.36. The third kappa shape index (κ3) is 2.78. The number of aromatic nitrogens is 1. The molecule has 0 unspecified atom stereocenters. The second kappa shape index (κ2) is 5.43. The third-order valence-electron chi connectivity index (χ3n) is 4.02. The molecule has 0 N–H and O–H groups in total. The lowest BCUT2D eigenvalue weighted by molar-refractivity contribution is 0.502. The summed E-state index contributed by atoms with van der Waals surface area (Å²) in [6.45, 7) is 4.36. The van der Waals surface area contributed by atoms with Gasteiger partial charge < -0.3 is 4.90 Å². The van der Waals surface area contributed by atoms with Gasteiger partial charge in [-0.05, 0) is 43.4 Å². The average molecular weight is 252 g/mol. The van der Waals surface area contributed by atoms with E-state index in [0.717, 1.165) is 18.9 Å². The van der Waals surface area contributed by atoms with E-state index in [0.29, 0.717) is 5.92 Å². The number of hydrogen-bond donors (Lipinski definition) is 0. The van der Waals surface area contributed by atoms with Gasteiger partial charge in [0.25, 0.3) is 0 Å². The zero-order valence-electron chi connectivity index (χ0n) is 11.4. The van der Waals surface area contributed by atoms with Crippen LogP contribution < -0.4 is 4.90 Å². The number of piperidine rings is 1. The number of rotatable bonds is 2. The Bertz CT molecular complexity index is 511. The molecule has 0 bridgehead atoms. The molecule has 3 rings (SSSR count). The molecule has 0 radical (unpaired) electrons. The Balaban J connectivity index is 1.65. The van der Waals surface area contributed by atoms with Gasteiger partial charge in [-0.25, -0.2) is 4.98 Å². The van der Waals surface area contributed by atoms with Crippen LogP contribution in [0.15, 0.2) is 48.7 Å². The molecule has 1 aliphatic heterocycles. The van der Waals surface area contributed by atoms with Crippen LogP contribution >= 0.6 is 0 Å². The zero-order chi connectivity index (χ0) is 13.1. The summed E-state index contributed by atoms with van der Waals surface area (Å²) in [5.41, 5.74) is 2.83. The van der Waals surface area contributed by atoms with Crippen LogP contribution in [0.25, 0.3) is 0 Å². The van der Waals surface area contributed by atoms with Crippen LogP contribution in [0.3, 0.4) is 0 Å². The van der Waals surface area contributed by atoms with Crippen LogP contribution in [0, 0.1) is 6.92 Å². The highest BCUT2D eigenvalue weighted by Crippen LogP contribution is 2.29. The summed E-state index contributed by atoms with van der Waals surface area (Å²) in [7, 11) is 0. The molecule has 2 heterocycles. The van der Waals surface area contributed by atoms with Crippen LogP contribution in [0.4, 0.5) is 5.82 Å². The van der Waals surface area contributed by atoms with E-state index >= 15 is 0 Å². The van der Waals surface area contributed by atoms with Crippen LogP contribution in [-0.4, -0.2) is 18.1 Å². The van der Waals surface area contributed by atoms with Crippen molar-refractivity contribution in [2.75, 3.05) is 18.0 Å². The van der Waals surface area contributed by atoms with Gasteiger partial charge in [0.1, 0.15) is 5.82 Å². The predicted octanol–water partition coefficient (Wildman–Crippen LogP) is 3.77. The number of pyridine rings is 1. The van der Waals surface area contributed by atoms with Crippen LogP contribution in [-0.2, 0) is 0 Å². The van der Waals surface area contributed by atoms with Gasteiger partial charge in [0.15, 0.2) is 0 Å². The summed E-state index contributed by atoms with van der Waals surface area (Å²) in [6, 6.07) is 15.2. The summed E-state index contributed by atoms with van der Waals surface area (Å²) < 4.78 is 0. The van der Waals surface area contributed by atoms with E-state index in [9.17, 15) is 0 Å². The third-order valence-corrected chi connectivity index (χ3v) is 4.02. The molecule has 1 saturated heterocycles. The maximum absolute atomic E-state index is 4.44. The van der Waals surface area contributed by atoms with Crippen LogP contribution in [0.1, 0.15) is 29.9 Å². The minimum atomic E-state index is 0.709. The summed E-state index contributed by atoms with van der Waals surface area (Å²) in [5, 5.41) is 0. The van der Waals surface area contributed by atoms with Gasteiger partial charge in [-0.3, -0.25) is 0 Å². The lowest BCUT2D eigenvalue weighted by Crippen LogP contribution is -2.33. The molecule has 19 heavy (non-hydrogen) atoms. The van der Waals surface area contributed by atoms with Crippen molar-refractivity contribution in [2.45, 2.75) is 25.7 Å². The van der Waals surface area contributed by atoms with E-state index in [4.69, 9.17) is 0 Å². The number of anilines is 1. The smallest absolute Gasteiger partial charge is 0.128 e. The van der Waals surface area contributed by atoms with Crippen molar-refractivity contribution in [3.63, 3.8) is 0 Å². The topological polar surface area (TPSA) is 16.1 Å². The van der Waals surface area contributed by atoms with E-state index < -0.39 is 0 Å². The highest BCUT2D eigenvalue weighted by atomic mass is 15.2. The van der Waals surface area contributed by atoms with Gasteiger partial charge in [0, 0.05) is 19.3 Å². The van der Waals surface area contributed by atoms with E-state index in [1.807, 2.05) is 12.3 Å². The van der Waals surface area contributed by atoms with E-state index in [-0.39, 0.29) is 0 Å². The first kappa shape index (κ1) is 12.2. The van der Waals surface area contributed by atoms with Crippen molar-refractivity contribution in [1.29, 1.82) is 0 Å². The van der Waals surface area contributed by atoms with Gasteiger partial charge in [-0.1, -0.05) is 35.9 Å². The lowest BCUT2D eigenvalue weighted by atomic mass is 9.89. The molecule has 2 aromatic rings. The molecule has 98 valence electrons. The number of hydrogen-bond acceptors (Lipinski definition) is 2. The first-order valence-electron chi connectivity index (χ1n) is 7.05. The Morgan fingerprint density at radius 3 is 2.37 bits per heavy atom. The Morgan fingerprint density at radius 2 is 1.74 bits per heavy atom. The van der Waals surface area contributed by atoms with Gasteiger partial charge in [-0.2, -0.15) is 0 Å². The highest BCUT2D eigenvalue weighted by molar-refractivity contribution is 5.39. The molecule has 1 fully saturated rings. The van der Waals surface area contributed by atoms with Crippen molar-refractivity contribution in [3.05, 3.63) is 59.8 Å². The van der Waals surface area contributed by atoms with Crippen molar-refractivity contribution in [2.24, 2.45) is 0 Å². The molecule has 2 heteroatoms. The fourth-order valence-electron chi connectivity index (χ4n) is 2.82. The predicted molar refractivity (Wildman–Crippen MR) is 79.6 cm³/mol. The lowest BCUT2D eigenvalue weighted by Gasteiger charge is -2.33. The van der Waals surface area contributed by atoms with Gasteiger partial charge >= 0.3 is 0 Å². The van der Waals surface area contributed by atoms with Crippen molar-refractivity contribution in [1.82, 2.24) is 4.98 Å². The maximum atomic E-state index is 4.44. The molecule has 0 aliphatic carbocycles. The molecule has 0 atom stereocenters. The first-order chi connectivity index (χ1) is 9.33. The Morgan fingerprint density at radius 1 is 1.00 bits per heavy atom. The maximum Gasteiger partial charge on any atom is 0.128 e. The molecule has 2 nitrogen and oxygen atoms in total. The van der Waals surface area contributed by atoms with Gasteiger partial charge in [0.05, 0.1) is 0 Å². The summed E-state index contributed by atoms with van der Waals surface area (Å²) in [4.78, 5) is 6.83. The van der Waals surface area contributed by atoms with Crippen LogP contribution in [0.5, 0.6) is 0 Å². The molecule has 1 aromatic carbocycles. The largest absolute Gasteiger partial charge is 0.357 e. The standard InChI is InChI=1S/C17H20N2/c1-14-5-7-15(8-6-14)16-9-12-19(13-10-16)17-4-2-3-11-18-17/h2-8,11,16H,9-10,12-13H2,1H3. The fraction of sp³-hybridized carbons (Fsp3) is 0.353. The van der Waals surface area contributed by atoms with Gasteiger partial charge in [0.2, 0.25) is 0 Å². The molecule has 0 saturated carbocycles. The Hall–Kier alpha value is -1.83. The Kier molecular flexibility index (Phi) is 3.49. The molecule has 1 aromatic heterocycles.